The lowest BCUT2D eigenvalue weighted by Gasteiger charge is -2.06. The monoisotopic (exact) mass is 442 g/mol. The van der Waals surface area contributed by atoms with Crippen LogP contribution in [0.1, 0.15) is 5.89 Å². The minimum absolute atomic E-state index is 0.0451. The summed E-state index contributed by atoms with van der Waals surface area (Å²) in [4.78, 5) is 12.9. The molecule has 3 aromatic carbocycles. The lowest BCUT2D eigenvalue weighted by Crippen LogP contribution is -2.05. The predicted octanol–water partition coefficient (Wildman–Crippen LogP) is 4.80. The maximum Gasteiger partial charge on any atom is 0.254 e. The molecule has 2 aromatic heterocycles. The Morgan fingerprint density at radius 2 is 1.79 bits per heavy atom. The summed E-state index contributed by atoms with van der Waals surface area (Å²) in [5, 5.41) is 18.0. The number of rotatable bonds is 6. The molecule has 5 rings (SSSR count). The van der Waals surface area contributed by atoms with Crippen molar-refractivity contribution in [2.75, 3.05) is 7.11 Å². The maximum atomic E-state index is 12.9. The van der Waals surface area contributed by atoms with Gasteiger partial charge in [-0.15, -0.1) is 10.2 Å². The fraction of sp³-hybridized carbons (Fsp3) is 0.0800. The molecule has 0 radical (unpaired) electrons. The van der Waals surface area contributed by atoms with Crippen molar-refractivity contribution < 1.29 is 23.4 Å². The summed E-state index contributed by atoms with van der Waals surface area (Å²) in [6, 6.07) is 18.7. The Bertz CT molecular complexity index is 1490. The summed E-state index contributed by atoms with van der Waals surface area (Å²) in [5.74, 6) is 1.87. The second-order valence-electron chi connectivity index (χ2n) is 7.17. The van der Waals surface area contributed by atoms with Crippen LogP contribution >= 0.6 is 0 Å². The van der Waals surface area contributed by atoms with E-state index >= 15 is 0 Å². The van der Waals surface area contributed by atoms with E-state index in [4.69, 9.17) is 18.3 Å². The second kappa shape index (κ2) is 8.51. The summed E-state index contributed by atoms with van der Waals surface area (Å²) >= 11 is 0. The first-order valence-corrected chi connectivity index (χ1v) is 10.1. The van der Waals surface area contributed by atoms with Gasteiger partial charge in [0.25, 0.3) is 11.8 Å². The Morgan fingerprint density at radius 1 is 0.970 bits per heavy atom. The van der Waals surface area contributed by atoms with E-state index in [1.807, 2.05) is 24.3 Å². The average molecular weight is 442 g/mol. The Kier molecular flexibility index (Phi) is 5.24. The van der Waals surface area contributed by atoms with Gasteiger partial charge in [-0.25, -0.2) is 0 Å². The van der Waals surface area contributed by atoms with Crippen LogP contribution in [0.15, 0.2) is 86.6 Å². The summed E-state index contributed by atoms with van der Waals surface area (Å²) in [5.41, 5.74) is 1.97. The molecular weight excluding hydrogens is 424 g/mol. The van der Waals surface area contributed by atoms with Crippen molar-refractivity contribution in [2.24, 2.45) is 0 Å². The third-order valence-electron chi connectivity index (χ3n) is 5.09. The second-order valence-corrected chi connectivity index (χ2v) is 7.17. The molecule has 0 aliphatic carbocycles. The summed E-state index contributed by atoms with van der Waals surface area (Å²) < 4.78 is 22.5. The van der Waals surface area contributed by atoms with Crippen LogP contribution < -0.4 is 14.9 Å². The van der Waals surface area contributed by atoms with Gasteiger partial charge >= 0.3 is 0 Å². The van der Waals surface area contributed by atoms with Gasteiger partial charge in [-0.2, -0.15) is 0 Å². The first kappa shape index (κ1) is 20.3. The van der Waals surface area contributed by atoms with Crippen LogP contribution in [-0.2, 0) is 6.61 Å². The molecule has 5 aromatic rings. The highest BCUT2D eigenvalue weighted by atomic mass is 16.5. The molecule has 0 unspecified atom stereocenters. The molecule has 0 spiro atoms. The number of hydrogen-bond donors (Lipinski definition) is 1. The van der Waals surface area contributed by atoms with Crippen molar-refractivity contribution in [1.82, 2.24) is 10.2 Å². The van der Waals surface area contributed by atoms with Gasteiger partial charge in [0.2, 0.25) is 0 Å². The molecule has 0 amide bonds. The van der Waals surface area contributed by atoms with E-state index in [2.05, 4.69) is 10.2 Å². The molecule has 2 heterocycles. The largest absolute Gasteiger partial charge is 0.508 e. The van der Waals surface area contributed by atoms with Crippen LogP contribution in [0.5, 0.6) is 17.2 Å². The van der Waals surface area contributed by atoms with Crippen LogP contribution in [0.3, 0.4) is 0 Å². The fourth-order valence-corrected chi connectivity index (χ4v) is 3.43. The Balaban J connectivity index is 1.35. The smallest absolute Gasteiger partial charge is 0.254 e. The third-order valence-corrected chi connectivity index (χ3v) is 5.09. The number of hydrogen-bond acceptors (Lipinski definition) is 8. The molecule has 8 nitrogen and oxygen atoms in total. The van der Waals surface area contributed by atoms with E-state index < -0.39 is 0 Å². The predicted molar refractivity (Wildman–Crippen MR) is 120 cm³/mol. The standard InChI is InChI=1S/C25H18N2O6/c1-30-21-5-3-2-4-19(21)25-27-26-23(33-25)14-31-17-10-11-18-22(12-17)32-13-20(24(18)29)15-6-8-16(28)9-7-15/h2-13,28H,14H2,1H3. The number of para-hydroxylation sites is 1. The van der Waals surface area contributed by atoms with E-state index in [-0.39, 0.29) is 17.8 Å². The number of benzene rings is 3. The Hall–Kier alpha value is -4.59. The lowest BCUT2D eigenvalue weighted by molar-refractivity contribution is 0.264. The van der Waals surface area contributed by atoms with Gasteiger partial charge in [-0.1, -0.05) is 24.3 Å². The van der Waals surface area contributed by atoms with Crippen LogP contribution in [0.2, 0.25) is 0 Å². The van der Waals surface area contributed by atoms with Gasteiger partial charge in [0.15, 0.2) is 12.0 Å². The average Bonchev–Trinajstić information content (AvgIpc) is 3.32. The fourth-order valence-electron chi connectivity index (χ4n) is 3.43. The highest BCUT2D eigenvalue weighted by Crippen LogP contribution is 2.29. The molecule has 0 aliphatic heterocycles. The summed E-state index contributed by atoms with van der Waals surface area (Å²) in [6.45, 7) is 0.0451. The zero-order chi connectivity index (χ0) is 22.8. The van der Waals surface area contributed by atoms with Crippen LogP contribution in [0.4, 0.5) is 0 Å². The topological polar surface area (TPSA) is 108 Å². The molecule has 1 N–H and O–H groups in total. The highest BCUT2D eigenvalue weighted by Gasteiger charge is 2.14. The number of nitrogens with zero attached hydrogens (tertiary/aromatic N) is 2. The Morgan fingerprint density at radius 3 is 2.61 bits per heavy atom. The van der Waals surface area contributed by atoms with Gasteiger partial charge in [-0.05, 0) is 42.0 Å². The van der Waals surface area contributed by atoms with Gasteiger partial charge < -0.3 is 23.4 Å². The zero-order valence-corrected chi connectivity index (χ0v) is 17.5. The lowest BCUT2D eigenvalue weighted by atomic mass is 10.1. The van der Waals surface area contributed by atoms with Gasteiger partial charge in [0.05, 0.1) is 23.6 Å². The van der Waals surface area contributed by atoms with Crippen molar-refractivity contribution in [1.29, 1.82) is 0 Å². The quantitative estimate of drug-likeness (QED) is 0.399. The number of aromatic hydroxyl groups is 1. The van der Waals surface area contributed by atoms with Crippen molar-refractivity contribution in [2.45, 2.75) is 6.61 Å². The van der Waals surface area contributed by atoms with Crippen LogP contribution in [0.25, 0.3) is 33.6 Å². The van der Waals surface area contributed by atoms with Crippen molar-refractivity contribution >= 4 is 11.0 Å². The highest BCUT2D eigenvalue weighted by molar-refractivity contribution is 5.82. The normalized spacial score (nSPS) is 10.9. The minimum atomic E-state index is -0.174. The first-order chi connectivity index (χ1) is 16.1. The van der Waals surface area contributed by atoms with E-state index in [9.17, 15) is 9.90 Å². The van der Waals surface area contributed by atoms with Crippen molar-refractivity contribution in [3.8, 4) is 39.8 Å². The number of ether oxygens (including phenoxy) is 2. The maximum absolute atomic E-state index is 12.9. The van der Waals surface area contributed by atoms with E-state index in [0.717, 1.165) is 0 Å². The molecule has 8 heteroatoms. The van der Waals surface area contributed by atoms with E-state index in [0.29, 0.717) is 50.9 Å². The zero-order valence-electron chi connectivity index (χ0n) is 17.5. The molecule has 0 saturated carbocycles. The SMILES string of the molecule is COc1ccccc1-c1nnc(COc2ccc3c(=O)c(-c4ccc(O)cc4)coc3c2)o1. The first-order valence-electron chi connectivity index (χ1n) is 10.1. The summed E-state index contributed by atoms with van der Waals surface area (Å²) in [7, 11) is 1.57. The van der Waals surface area contributed by atoms with Crippen LogP contribution in [0, 0.1) is 0 Å². The van der Waals surface area contributed by atoms with Gasteiger partial charge in [-0.3, -0.25) is 4.79 Å². The number of phenols is 1. The van der Waals surface area contributed by atoms with E-state index in [1.165, 1.54) is 18.4 Å². The number of fused-ring (bicyclic) bond motifs is 1. The molecule has 0 aliphatic rings. The number of phenolic OH excluding ortho intramolecular Hbond substituents is 1. The molecule has 0 fully saturated rings. The van der Waals surface area contributed by atoms with Crippen molar-refractivity contribution in [3.63, 3.8) is 0 Å². The Labute approximate surface area is 187 Å². The van der Waals surface area contributed by atoms with Gasteiger partial charge in [0, 0.05) is 6.07 Å². The minimum Gasteiger partial charge on any atom is -0.508 e. The van der Waals surface area contributed by atoms with Crippen LogP contribution in [-0.4, -0.2) is 22.4 Å². The van der Waals surface area contributed by atoms with Gasteiger partial charge in [0.1, 0.15) is 29.1 Å². The van der Waals surface area contributed by atoms with Crippen molar-refractivity contribution in [3.05, 3.63) is 89.1 Å². The van der Waals surface area contributed by atoms with E-state index in [1.54, 1.807) is 37.4 Å². The molecule has 33 heavy (non-hydrogen) atoms. The molecule has 0 atom stereocenters. The molecule has 164 valence electrons. The molecule has 0 bridgehead atoms. The molecular formula is C25H18N2O6. The summed E-state index contributed by atoms with van der Waals surface area (Å²) in [6.07, 6.45) is 1.40. The number of methoxy groups -OCH3 is 1. The molecule has 0 saturated heterocycles. The number of aromatic nitrogens is 2. The third kappa shape index (κ3) is 4.01.